The van der Waals surface area contributed by atoms with Crippen LogP contribution in [0.4, 0.5) is 0 Å². The summed E-state index contributed by atoms with van der Waals surface area (Å²) in [5.41, 5.74) is 6.48. The van der Waals surface area contributed by atoms with Gasteiger partial charge in [-0.25, -0.2) is 0 Å². The van der Waals surface area contributed by atoms with Gasteiger partial charge >= 0.3 is 5.97 Å². The molecule has 62 heavy (non-hydrogen) atoms. The van der Waals surface area contributed by atoms with E-state index in [2.05, 4.69) is 46.8 Å². The molecule has 7 aliphatic rings. The molecule has 0 unspecified atom stereocenters. The summed E-state index contributed by atoms with van der Waals surface area (Å²) in [6, 6.07) is -0.257. The minimum absolute atomic E-state index is 0.0379. The van der Waals surface area contributed by atoms with Crippen molar-refractivity contribution in [3.63, 3.8) is 0 Å². The van der Waals surface area contributed by atoms with Gasteiger partial charge in [0.2, 0.25) is 0 Å². The molecule has 0 aromatic heterocycles. The van der Waals surface area contributed by atoms with E-state index in [9.17, 15) is 15.0 Å². The average Bonchev–Trinajstić information content (AvgIpc) is 3.58. The molecule has 0 radical (unpaired) electrons. The Morgan fingerprint density at radius 1 is 0.919 bits per heavy atom. The van der Waals surface area contributed by atoms with Crippen LogP contribution in [0, 0.1) is 23.7 Å². The number of carbonyl (C=O) groups is 1. The third-order valence-electron chi connectivity index (χ3n) is 14.6. The average molecular weight is 872 g/mol. The molecular weight excluding hydrogens is 799 g/mol. The largest absolute Gasteiger partial charge is 0.462 e. The number of allylic oxidation sites excluding steroid dienone is 2. The van der Waals surface area contributed by atoms with Gasteiger partial charge in [0.05, 0.1) is 55.4 Å². The second-order valence-corrected chi connectivity index (χ2v) is 19.0. The molecule has 348 valence electrons. The van der Waals surface area contributed by atoms with Gasteiger partial charge in [-0.2, -0.15) is 0 Å². The molecule has 6 aliphatic heterocycles. The fraction of sp³-hybridized carbons (Fsp3) is 0.771. The number of carbonyl (C=O) groups excluding carboxylic acids is 1. The standard InChI is InChI=1S/C48H73NO13/c1-11-25(2)43-28(5)17-18-47(62-43)23-34-20-33(61-47)16-15-27(4)42(26(3)13-12-14-32-24-55-45-41(50)29(6)19-35(46(51)58-34)48(32,45)52)59-39-22-37(54-10)44(31(8)57-39)60-38-21-36(53-9)40(49)30(7)56-38/h12-15,17-19,25-26,28,30-31,33-45,50,52H,11,16,20-24,49H2,1-10H3/b13-12-,27-15-,32-14?/t25-,26-,28-,30-,31-,33+,34-,35-,36-,37-,38-,39-,40+,41+,42-,43+,44-,45+,47+,48+/m0/s1. The molecule has 14 heteroatoms. The van der Waals surface area contributed by atoms with E-state index in [-0.39, 0.29) is 60.9 Å². The second kappa shape index (κ2) is 19.7. The van der Waals surface area contributed by atoms with Crippen LogP contribution in [0.25, 0.3) is 0 Å². The predicted molar refractivity (Wildman–Crippen MR) is 229 cm³/mol. The van der Waals surface area contributed by atoms with Crippen LogP contribution in [-0.2, 0) is 52.2 Å². The highest BCUT2D eigenvalue weighted by Crippen LogP contribution is 2.47. The van der Waals surface area contributed by atoms with E-state index in [0.717, 1.165) is 12.0 Å². The van der Waals surface area contributed by atoms with Crippen LogP contribution in [-0.4, -0.2) is 134 Å². The fourth-order valence-corrected chi connectivity index (χ4v) is 10.6. The Labute approximate surface area is 368 Å². The highest BCUT2D eigenvalue weighted by Gasteiger charge is 2.60. The first kappa shape index (κ1) is 47.6. The van der Waals surface area contributed by atoms with E-state index in [1.54, 1.807) is 33.3 Å². The van der Waals surface area contributed by atoms with E-state index in [1.165, 1.54) is 0 Å². The van der Waals surface area contributed by atoms with Gasteiger partial charge in [0.1, 0.15) is 35.9 Å². The summed E-state index contributed by atoms with van der Waals surface area (Å²) in [5, 5.41) is 23.7. The van der Waals surface area contributed by atoms with Crippen molar-refractivity contribution in [2.45, 2.75) is 191 Å². The molecule has 20 atom stereocenters. The van der Waals surface area contributed by atoms with Crippen molar-refractivity contribution in [3.05, 3.63) is 59.3 Å². The van der Waals surface area contributed by atoms with Crippen molar-refractivity contribution < 1.29 is 62.4 Å². The van der Waals surface area contributed by atoms with E-state index in [1.807, 2.05) is 32.1 Å². The molecule has 4 saturated heterocycles. The van der Waals surface area contributed by atoms with Gasteiger partial charge < -0.3 is 63.3 Å². The van der Waals surface area contributed by atoms with Crippen molar-refractivity contribution in [2.75, 3.05) is 20.8 Å². The minimum atomic E-state index is -1.83. The quantitative estimate of drug-likeness (QED) is 0.211. The molecule has 1 aliphatic carbocycles. The minimum Gasteiger partial charge on any atom is -0.462 e. The van der Waals surface area contributed by atoms with Crippen molar-refractivity contribution >= 4 is 5.97 Å². The summed E-state index contributed by atoms with van der Waals surface area (Å²) in [6.45, 7) is 16.3. The summed E-state index contributed by atoms with van der Waals surface area (Å²) < 4.78 is 64.1. The first-order valence-corrected chi connectivity index (χ1v) is 22.9. The summed E-state index contributed by atoms with van der Waals surface area (Å²) in [7, 11) is 3.32. The molecule has 4 N–H and O–H groups in total. The summed E-state index contributed by atoms with van der Waals surface area (Å²) in [5.74, 6) is -2.53. The van der Waals surface area contributed by atoms with Crippen LogP contribution in [0.1, 0.15) is 93.9 Å². The number of hydrogen-bond acceptors (Lipinski definition) is 14. The first-order valence-electron chi connectivity index (χ1n) is 22.9. The lowest BCUT2D eigenvalue weighted by Gasteiger charge is -2.48. The molecule has 6 heterocycles. The van der Waals surface area contributed by atoms with Crippen molar-refractivity contribution in [1.82, 2.24) is 0 Å². The lowest BCUT2D eigenvalue weighted by atomic mass is 9.71. The SMILES string of the molecule is CC[C@H](C)[C@H]1O[C@]2(C=C[C@@H]1C)C[C@@H]1C[C@@H](C/C=C(/C)[C@@H](O[C@H]3C[C@H](OC)[C@@H](O[C@H]4C[C@H](OC)[C@H](N)[C@H](C)O4)[C@H](C)O3)[C@@H](C)/C=C\C=C3CO[C@@H]4[C@H](O)C(C)=C[C@@H](C(=O)O1)[C@]34O)O2. The van der Waals surface area contributed by atoms with Gasteiger partial charge in [-0.1, -0.05) is 70.6 Å². The van der Waals surface area contributed by atoms with Gasteiger partial charge in [-0.3, -0.25) is 4.79 Å². The van der Waals surface area contributed by atoms with Crippen molar-refractivity contribution in [2.24, 2.45) is 29.4 Å². The van der Waals surface area contributed by atoms with Gasteiger partial charge in [-0.15, -0.1) is 0 Å². The number of ether oxygens (including phenoxy) is 10. The highest BCUT2D eigenvalue weighted by molar-refractivity contribution is 5.78. The summed E-state index contributed by atoms with van der Waals surface area (Å²) in [4.78, 5) is 14.4. The van der Waals surface area contributed by atoms with Gasteiger partial charge in [-0.05, 0) is 62.8 Å². The third kappa shape index (κ3) is 9.64. The fourth-order valence-electron chi connectivity index (χ4n) is 10.6. The Bertz CT molecular complexity index is 1730. The van der Waals surface area contributed by atoms with Crippen LogP contribution in [0.15, 0.2) is 59.3 Å². The van der Waals surface area contributed by atoms with Crippen LogP contribution >= 0.6 is 0 Å². The number of nitrogens with two attached hydrogens (primary N) is 1. The maximum absolute atomic E-state index is 14.4. The normalized spacial score (nSPS) is 48.3. The molecule has 0 aromatic carbocycles. The Balaban J connectivity index is 1.18. The Morgan fingerprint density at radius 2 is 1.63 bits per heavy atom. The molecule has 2 bridgehead atoms. The van der Waals surface area contributed by atoms with Crippen LogP contribution in [0.2, 0.25) is 0 Å². The zero-order chi connectivity index (χ0) is 44.7. The number of hydrogen-bond donors (Lipinski definition) is 3. The summed E-state index contributed by atoms with van der Waals surface area (Å²) >= 11 is 0. The topological polar surface area (TPSA) is 176 Å². The van der Waals surface area contributed by atoms with E-state index < -0.39 is 72.5 Å². The predicted octanol–water partition coefficient (Wildman–Crippen LogP) is 5.34. The second-order valence-electron chi connectivity index (χ2n) is 19.0. The number of fused-ring (bicyclic) bond motifs is 2. The Morgan fingerprint density at radius 3 is 2.35 bits per heavy atom. The van der Waals surface area contributed by atoms with E-state index in [4.69, 9.17) is 53.1 Å². The molecule has 0 aromatic rings. The molecule has 4 fully saturated rings. The molecule has 0 saturated carbocycles. The molecule has 14 nitrogen and oxygen atoms in total. The maximum Gasteiger partial charge on any atom is 0.316 e. The lowest BCUT2D eigenvalue weighted by molar-refractivity contribution is -0.311. The van der Waals surface area contributed by atoms with Crippen molar-refractivity contribution in [3.8, 4) is 0 Å². The number of aliphatic hydroxyl groups is 2. The van der Waals surface area contributed by atoms with Crippen LogP contribution in [0.5, 0.6) is 0 Å². The molecular formula is C48H73NO13. The lowest BCUT2D eigenvalue weighted by Crippen LogP contribution is -2.58. The zero-order valence-electron chi connectivity index (χ0n) is 38.3. The van der Waals surface area contributed by atoms with Crippen LogP contribution < -0.4 is 5.73 Å². The van der Waals surface area contributed by atoms with Gasteiger partial charge in [0, 0.05) is 51.7 Å². The van der Waals surface area contributed by atoms with E-state index >= 15 is 0 Å². The highest BCUT2D eigenvalue weighted by atomic mass is 16.7. The molecule has 7 rings (SSSR count). The van der Waals surface area contributed by atoms with E-state index in [0.29, 0.717) is 43.3 Å². The Kier molecular flexibility index (Phi) is 15.1. The number of aliphatic hydroxyl groups excluding tert-OH is 1. The first-order chi connectivity index (χ1) is 29.5. The number of esters is 1. The van der Waals surface area contributed by atoms with Crippen molar-refractivity contribution in [1.29, 1.82) is 0 Å². The number of methoxy groups -OCH3 is 2. The maximum atomic E-state index is 14.4. The molecule has 0 amide bonds. The number of rotatable bonds is 8. The Hall–Kier alpha value is -2.31. The van der Waals surface area contributed by atoms with Gasteiger partial charge in [0.25, 0.3) is 0 Å². The smallest absolute Gasteiger partial charge is 0.316 e. The zero-order valence-corrected chi connectivity index (χ0v) is 38.3. The monoisotopic (exact) mass is 872 g/mol. The summed E-state index contributed by atoms with van der Waals surface area (Å²) in [6.07, 6.45) is 10.2. The molecule has 1 spiro atoms. The third-order valence-corrected chi connectivity index (χ3v) is 14.6. The van der Waals surface area contributed by atoms with Gasteiger partial charge in [0.15, 0.2) is 18.4 Å². The van der Waals surface area contributed by atoms with Crippen LogP contribution in [0.3, 0.4) is 0 Å².